The van der Waals surface area contributed by atoms with Gasteiger partial charge in [-0.2, -0.15) is 0 Å². The first-order valence-corrected chi connectivity index (χ1v) is 5.64. The molecule has 0 bridgehead atoms. The molecule has 92 valence electrons. The lowest BCUT2D eigenvalue weighted by molar-refractivity contribution is -0.127. The molecule has 0 heterocycles. The zero-order valence-corrected chi connectivity index (χ0v) is 11.0. The topological polar surface area (TPSA) is 49.4 Å². The minimum absolute atomic E-state index is 0.0825. The summed E-state index contributed by atoms with van der Waals surface area (Å²) in [5.41, 5.74) is 0.296. The molecule has 0 atom stereocenters. The second kappa shape index (κ2) is 5.77. The first kappa shape index (κ1) is 13.6. The molecule has 0 aliphatic carbocycles. The highest BCUT2D eigenvalue weighted by Crippen LogP contribution is 2.16. The van der Waals surface area contributed by atoms with Crippen molar-refractivity contribution in [2.75, 3.05) is 20.6 Å². The third kappa shape index (κ3) is 3.81. The van der Waals surface area contributed by atoms with E-state index in [0.29, 0.717) is 5.56 Å². The lowest BCUT2D eigenvalue weighted by Gasteiger charge is -2.11. The molecule has 0 aliphatic rings. The molecule has 0 aromatic heterocycles. The summed E-state index contributed by atoms with van der Waals surface area (Å²) in [6.07, 6.45) is 0. The quantitative estimate of drug-likeness (QED) is 0.918. The zero-order chi connectivity index (χ0) is 13.0. The Hall–Kier alpha value is -1.43. The number of carbonyl (C=O) groups is 2. The summed E-state index contributed by atoms with van der Waals surface area (Å²) in [7, 11) is 3.20. The molecule has 2 amide bonds. The SMILES string of the molecule is CN(C)C(=O)CNC(=O)c1ccc(F)c(Br)c1. The normalized spacial score (nSPS) is 9.88. The average molecular weight is 303 g/mol. The summed E-state index contributed by atoms with van der Waals surface area (Å²) >= 11 is 2.99. The maximum Gasteiger partial charge on any atom is 0.251 e. The van der Waals surface area contributed by atoms with Gasteiger partial charge in [-0.3, -0.25) is 9.59 Å². The second-order valence-electron chi connectivity index (χ2n) is 3.60. The first-order valence-electron chi connectivity index (χ1n) is 4.85. The molecule has 17 heavy (non-hydrogen) atoms. The van der Waals surface area contributed by atoms with E-state index in [4.69, 9.17) is 0 Å². The Morgan fingerprint density at radius 1 is 1.41 bits per heavy atom. The van der Waals surface area contributed by atoms with Crippen LogP contribution in [0, 0.1) is 5.82 Å². The van der Waals surface area contributed by atoms with E-state index in [1.165, 1.54) is 23.1 Å². The smallest absolute Gasteiger partial charge is 0.251 e. The molecule has 0 spiro atoms. The standard InChI is InChI=1S/C11H12BrFN2O2/c1-15(2)10(16)6-14-11(17)7-3-4-9(13)8(12)5-7/h3-5H,6H2,1-2H3,(H,14,17). The van der Waals surface area contributed by atoms with Gasteiger partial charge >= 0.3 is 0 Å². The summed E-state index contributed by atoms with van der Waals surface area (Å²) < 4.78 is 13.2. The van der Waals surface area contributed by atoms with Gasteiger partial charge in [-0.25, -0.2) is 4.39 Å². The molecular formula is C11H12BrFN2O2. The number of nitrogens with one attached hydrogen (secondary N) is 1. The molecule has 0 saturated heterocycles. The Labute approximate surface area is 107 Å². The molecule has 1 aromatic rings. The van der Waals surface area contributed by atoms with Gasteiger partial charge in [0.15, 0.2) is 0 Å². The predicted octanol–water partition coefficient (Wildman–Crippen LogP) is 1.41. The van der Waals surface area contributed by atoms with Gasteiger partial charge in [0.2, 0.25) is 5.91 Å². The highest BCUT2D eigenvalue weighted by Gasteiger charge is 2.10. The summed E-state index contributed by atoms with van der Waals surface area (Å²) in [5, 5.41) is 2.45. The van der Waals surface area contributed by atoms with Crippen LogP contribution in [0.1, 0.15) is 10.4 Å². The Morgan fingerprint density at radius 3 is 2.59 bits per heavy atom. The number of likely N-dealkylation sites (N-methyl/N-ethyl adjacent to an activating group) is 1. The van der Waals surface area contributed by atoms with Gasteiger partial charge in [0.1, 0.15) is 5.82 Å². The van der Waals surface area contributed by atoms with Crippen molar-refractivity contribution < 1.29 is 14.0 Å². The average Bonchev–Trinajstić information content (AvgIpc) is 2.28. The van der Waals surface area contributed by atoms with Crippen molar-refractivity contribution in [1.29, 1.82) is 0 Å². The first-order chi connectivity index (χ1) is 7.91. The van der Waals surface area contributed by atoms with Crippen LogP contribution in [0.15, 0.2) is 22.7 Å². The molecule has 6 heteroatoms. The highest BCUT2D eigenvalue weighted by molar-refractivity contribution is 9.10. The van der Waals surface area contributed by atoms with Gasteiger partial charge in [-0.05, 0) is 34.1 Å². The number of carbonyl (C=O) groups excluding carboxylic acids is 2. The van der Waals surface area contributed by atoms with Crippen LogP contribution >= 0.6 is 15.9 Å². The molecule has 0 fully saturated rings. The van der Waals surface area contributed by atoms with Crippen LogP contribution in [-0.2, 0) is 4.79 Å². The van der Waals surface area contributed by atoms with Crippen molar-refractivity contribution in [3.8, 4) is 0 Å². The van der Waals surface area contributed by atoms with Crippen molar-refractivity contribution in [3.63, 3.8) is 0 Å². The van der Waals surface area contributed by atoms with Gasteiger partial charge in [0.25, 0.3) is 5.91 Å². The third-order valence-electron chi connectivity index (χ3n) is 2.08. The molecule has 1 rings (SSSR count). The number of halogens is 2. The van der Waals surface area contributed by atoms with Crippen molar-refractivity contribution in [2.45, 2.75) is 0 Å². The van der Waals surface area contributed by atoms with Crippen LogP contribution in [0.2, 0.25) is 0 Å². The molecule has 1 N–H and O–H groups in total. The minimum atomic E-state index is -0.439. The monoisotopic (exact) mass is 302 g/mol. The molecule has 4 nitrogen and oxygen atoms in total. The van der Waals surface area contributed by atoms with Crippen LogP contribution < -0.4 is 5.32 Å². The van der Waals surface area contributed by atoms with E-state index in [-0.39, 0.29) is 16.9 Å². The number of hydrogen-bond donors (Lipinski definition) is 1. The fourth-order valence-electron chi connectivity index (χ4n) is 1.05. The van der Waals surface area contributed by atoms with E-state index in [2.05, 4.69) is 21.2 Å². The van der Waals surface area contributed by atoms with Gasteiger partial charge in [-0.15, -0.1) is 0 Å². The molecular weight excluding hydrogens is 291 g/mol. The van der Waals surface area contributed by atoms with E-state index in [0.717, 1.165) is 0 Å². The van der Waals surface area contributed by atoms with Crippen LogP contribution in [-0.4, -0.2) is 37.4 Å². The van der Waals surface area contributed by atoms with Crippen molar-refractivity contribution in [3.05, 3.63) is 34.1 Å². The Morgan fingerprint density at radius 2 is 2.06 bits per heavy atom. The fraction of sp³-hybridized carbons (Fsp3) is 0.273. The predicted molar refractivity (Wildman–Crippen MR) is 65.1 cm³/mol. The van der Waals surface area contributed by atoms with Crippen LogP contribution in [0.3, 0.4) is 0 Å². The lowest BCUT2D eigenvalue weighted by atomic mass is 10.2. The van der Waals surface area contributed by atoms with Crippen LogP contribution in [0.4, 0.5) is 4.39 Å². The van der Waals surface area contributed by atoms with E-state index < -0.39 is 11.7 Å². The fourth-order valence-corrected chi connectivity index (χ4v) is 1.43. The Bertz CT molecular complexity index is 449. The van der Waals surface area contributed by atoms with Crippen LogP contribution in [0.5, 0.6) is 0 Å². The Kier molecular flexibility index (Phi) is 4.62. The summed E-state index contributed by atoms with van der Waals surface area (Å²) in [5.74, 6) is -1.06. The maximum atomic E-state index is 12.9. The molecule has 0 radical (unpaired) electrons. The zero-order valence-electron chi connectivity index (χ0n) is 9.46. The molecule has 1 aromatic carbocycles. The number of amides is 2. The number of benzene rings is 1. The van der Waals surface area contributed by atoms with E-state index in [1.54, 1.807) is 14.1 Å². The van der Waals surface area contributed by atoms with E-state index >= 15 is 0 Å². The van der Waals surface area contributed by atoms with Gasteiger partial charge < -0.3 is 10.2 Å². The van der Waals surface area contributed by atoms with Crippen molar-refractivity contribution >= 4 is 27.7 Å². The summed E-state index contributed by atoms with van der Waals surface area (Å²) in [6.45, 7) is -0.0825. The van der Waals surface area contributed by atoms with Crippen molar-refractivity contribution in [2.24, 2.45) is 0 Å². The Balaban J connectivity index is 2.64. The molecule has 0 saturated carbocycles. The van der Waals surface area contributed by atoms with E-state index in [9.17, 15) is 14.0 Å². The number of rotatable bonds is 3. The molecule has 0 aliphatic heterocycles. The van der Waals surface area contributed by atoms with Crippen molar-refractivity contribution in [1.82, 2.24) is 10.2 Å². The largest absolute Gasteiger partial charge is 0.347 e. The molecule has 0 unspecified atom stereocenters. The highest BCUT2D eigenvalue weighted by atomic mass is 79.9. The minimum Gasteiger partial charge on any atom is -0.347 e. The lowest BCUT2D eigenvalue weighted by Crippen LogP contribution is -2.36. The summed E-state index contributed by atoms with van der Waals surface area (Å²) in [4.78, 5) is 24.2. The van der Waals surface area contributed by atoms with Gasteiger partial charge in [-0.1, -0.05) is 0 Å². The van der Waals surface area contributed by atoms with Gasteiger partial charge in [0.05, 0.1) is 11.0 Å². The number of nitrogens with zero attached hydrogens (tertiary/aromatic N) is 1. The summed E-state index contributed by atoms with van der Waals surface area (Å²) in [6, 6.07) is 3.91. The maximum absolute atomic E-state index is 12.9. The van der Waals surface area contributed by atoms with Crippen LogP contribution in [0.25, 0.3) is 0 Å². The second-order valence-corrected chi connectivity index (χ2v) is 4.45. The number of hydrogen-bond acceptors (Lipinski definition) is 2. The third-order valence-corrected chi connectivity index (χ3v) is 2.69. The van der Waals surface area contributed by atoms with E-state index in [1.807, 2.05) is 0 Å². The van der Waals surface area contributed by atoms with Gasteiger partial charge in [0, 0.05) is 19.7 Å².